The Balaban J connectivity index is 0.00000341. The van der Waals surface area contributed by atoms with Crippen molar-refractivity contribution in [2.45, 2.75) is 0 Å². The van der Waals surface area contributed by atoms with Crippen LogP contribution in [0.3, 0.4) is 0 Å². The van der Waals surface area contributed by atoms with Gasteiger partial charge in [-0.2, -0.15) is 0 Å². The van der Waals surface area contributed by atoms with Crippen molar-refractivity contribution >= 4 is 17.8 Å². The number of hydrogen-bond donors (Lipinski definition) is 0. The second-order valence-corrected chi connectivity index (χ2v) is 6.25. The number of ether oxygens (including phenoxy) is 3. The van der Waals surface area contributed by atoms with Crippen LogP contribution < -0.4 is 26.6 Å². The summed E-state index contributed by atoms with van der Waals surface area (Å²) in [7, 11) is 4.37. The molecule has 0 aromatic heterocycles. The summed E-state index contributed by atoms with van der Waals surface area (Å²) in [5, 5.41) is 0. The number of benzene rings is 3. The molecule has 0 fully saturated rings. The van der Waals surface area contributed by atoms with Crippen LogP contribution in [0, 0.1) is 11.6 Å². The lowest BCUT2D eigenvalue weighted by molar-refractivity contribution is -0.329. The summed E-state index contributed by atoms with van der Waals surface area (Å²) in [4.78, 5) is 13.4. The Labute approximate surface area is 184 Å². The minimum Gasteiger partial charge on any atom is -1.00 e. The molecule has 5 nitrogen and oxygen atoms in total. The fraction of sp³-hybridized carbons (Fsp3) is 0.130. The lowest BCUT2D eigenvalue weighted by Crippen LogP contribution is -3.00. The third-order valence-electron chi connectivity index (χ3n) is 4.38. The summed E-state index contributed by atoms with van der Waals surface area (Å²) in [5.74, 6) is -0.253. The highest BCUT2D eigenvalue weighted by Crippen LogP contribution is 2.38. The van der Waals surface area contributed by atoms with Crippen LogP contribution in [0.5, 0.6) is 17.2 Å². The first-order chi connectivity index (χ1) is 14.5. The average molecular weight is 448 g/mol. The largest absolute Gasteiger partial charge is 1.00 e. The minimum absolute atomic E-state index is 0. The van der Waals surface area contributed by atoms with Gasteiger partial charge in [0, 0.05) is 29.8 Å². The Morgan fingerprint density at radius 2 is 1.29 bits per heavy atom. The number of carbonyl (C=O) groups is 1. The van der Waals surface area contributed by atoms with Crippen LogP contribution in [0.4, 0.5) is 14.5 Å². The molecule has 0 saturated carbocycles. The molecule has 0 N–H and O–H groups in total. The van der Waals surface area contributed by atoms with E-state index in [4.69, 9.17) is 14.2 Å². The molecular formula is C23H20ClF2NO4. The number of hydrogen-bond acceptors (Lipinski definition) is 4. The van der Waals surface area contributed by atoms with E-state index in [1.807, 2.05) is 0 Å². The van der Waals surface area contributed by atoms with E-state index in [9.17, 15) is 13.6 Å². The zero-order valence-corrected chi connectivity index (χ0v) is 17.8. The average Bonchev–Trinajstić information content (AvgIpc) is 2.77. The van der Waals surface area contributed by atoms with Crippen LogP contribution in [0.25, 0.3) is 0 Å². The van der Waals surface area contributed by atoms with Crippen LogP contribution >= 0.6 is 0 Å². The standard InChI is InChI=1S/C23H20F2NO4.ClH/c1-28-20-12-16(13-21(29-2)22(20)30-3)23(27)26(19-10-8-18(25)9-11-19)14-15-4-6-17(24)7-5-15;/h4-14H,1-3H3;1H/q+1;/p-1. The van der Waals surface area contributed by atoms with Crippen molar-refractivity contribution in [3.63, 3.8) is 0 Å². The third-order valence-corrected chi connectivity index (χ3v) is 4.38. The molecule has 8 heteroatoms. The van der Waals surface area contributed by atoms with E-state index in [2.05, 4.69) is 0 Å². The van der Waals surface area contributed by atoms with Gasteiger partial charge in [-0.1, -0.05) is 0 Å². The van der Waals surface area contributed by atoms with Gasteiger partial charge < -0.3 is 26.6 Å². The van der Waals surface area contributed by atoms with Gasteiger partial charge in [0.2, 0.25) is 11.4 Å². The highest BCUT2D eigenvalue weighted by atomic mass is 35.5. The van der Waals surface area contributed by atoms with Crippen molar-refractivity contribution in [2.24, 2.45) is 0 Å². The summed E-state index contributed by atoms with van der Waals surface area (Å²) < 4.78 is 44.0. The lowest BCUT2D eigenvalue weighted by atomic mass is 10.1. The fourth-order valence-corrected chi connectivity index (χ4v) is 2.89. The highest BCUT2D eigenvalue weighted by molar-refractivity contribution is 5.95. The SMILES string of the molecule is COc1cc(C(=O)[N+](=Cc2ccc(F)cc2)c2ccc(F)cc2)cc(OC)c1OC.[Cl-]. The van der Waals surface area contributed by atoms with Crippen molar-refractivity contribution < 1.29 is 44.8 Å². The predicted octanol–water partition coefficient (Wildman–Crippen LogP) is 1.60. The van der Waals surface area contributed by atoms with Crippen LogP contribution in [-0.2, 0) is 0 Å². The molecule has 162 valence electrons. The molecule has 0 spiro atoms. The van der Waals surface area contributed by atoms with E-state index in [1.165, 1.54) is 92.8 Å². The lowest BCUT2D eigenvalue weighted by Gasteiger charge is -2.13. The third kappa shape index (κ3) is 5.38. The maximum Gasteiger partial charge on any atom is 0.425 e. The Hall–Kier alpha value is -3.45. The van der Waals surface area contributed by atoms with Gasteiger partial charge in [-0.3, -0.25) is 0 Å². The molecule has 3 aromatic rings. The number of methoxy groups -OCH3 is 3. The van der Waals surface area contributed by atoms with E-state index < -0.39 is 17.5 Å². The van der Waals surface area contributed by atoms with E-state index >= 15 is 0 Å². The molecule has 1 amide bonds. The second kappa shape index (κ2) is 10.5. The smallest absolute Gasteiger partial charge is 0.425 e. The Kier molecular flexibility index (Phi) is 8.10. The molecule has 0 saturated heterocycles. The van der Waals surface area contributed by atoms with Crippen molar-refractivity contribution in [1.29, 1.82) is 0 Å². The summed E-state index contributed by atoms with van der Waals surface area (Å²) >= 11 is 0. The molecule has 0 heterocycles. The van der Waals surface area contributed by atoms with Gasteiger partial charge in [0.15, 0.2) is 17.7 Å². The fourth-order valence-electron chi connectivity index (χ4n) is 2.89. The topological polar surface area (TPSA) is 47.8 Å². The van der Waals surface area contributed by atoms with E-state index in [-0.39, 0.29) is 18.0 Å². The monoisotopic (exact) mass is 447 g/mol. The highest BCUT2D eigenvalue weighted by Gasteiger charge is 2.27. The summed E-state index contributed by atoms with van der Waals surface area (Å²) in [6.45, 7) is 0. The number of carbonyl (C=O) groups excluding carboxylic acids is 1. The van der Waals surface area contributed by atoms with Gasteiger partial charge in [0.1, 0.15) is 11.6 Å². The quantitative estimate of drug-likeness (QED) is 0.425. The molecule has 0 unspecified atom stereocenters. The van der Waals surface area contributed by atoms with Crippen LogP contribution in [0.15, 0.2) is 60.7 Å². The van der Waals surface area contributed by atoms with E-state index in [0.717, 1.165) is 0 Å². The first kappa shape index (κ1) is 23.8. The summed E-state index contributed by atoms with van der Waals surface area (Å²) in [6.07, 6.45) is 1.54. The molecule has 0 aliphatic heterocycles. The van der Waals surface area contributed by atoms with Crippen LogP contribution in [-0.4, -0.2) is 38.0 Å². The predicted molar refractivity (Wildman–Crippen MR) is 108 cm³/mol. The van der Waals surface area contributed by atoms with Gasteiger partial charge in [0.05, 0.1) is 26.9 Å². The first-order valence-corrected chi connectivity index (χ1v) is 8.96. The van der Waals surface area contributed by atoms with E-state index in [1.54, 1.807) is 0 Å². The number of halogens is 3. The summed E-state index contributed by atoms with van der Waals surface area (Å²) in [5.41, 5.74) is 1.27. The minimum atomic E-state index is -0.430. The normalized spacial score (nSPS) is 10.8. The molecule has 3 aromatic carbocycles. The van der Waals surface area contributed by atoms with Gasteiger partial charge >= 0.3 is 5.91 Å². The van der Waals surface area contributed by atoms with Crippen molar-refractivity contribution in [2.75, 3.05) is 21.3 Å². The van der Waals surface area contributed by atoms with Crippen molar-refractivity contribution in [3.05, 3.63) is 83.4 Å². The molecular weight excluding hydrogens is 428 g/mol. The number of nitrogens with zero attached hydrogens (tertiary/aromatic N) is 1. The zero-order valence-electron chi connectivity index (χ0n) is 17.1. The molecule has 0 atom stereocenters. The maximum atomic E-state index is 13.4. The van der Waals surface area contributed by atoms with Crippen LogP contribution in [0.1, 0.15) is 15.9 Å². The Morgan fingerprint density at radius 1 is 0.806 bits per heavy atom. The Morgan fingerprint density at radius 3 is 1.74 bits per heavy atom. The van der Waals surface area contributed by atoms with Crippen LogP contribution in [0.2, 0.25) is 0 Å². The molecule has 3 rings (SSSR count). The molecule has 31 heavy (non-hydrogen) atoms. The van der Waals surface area contributed by atoms with Gasteiger partial charge in [-0.05, 0) is 36.4 Å². The summed E-state index contributed by atoms with van der Waals surface area (Å²) in [6, 6.07) is 14.2. The van der Waals surface area contributed by atoms with Crippen molar-refractivity contribution in [3.8, 4) is 17.2 Å². The molecule has 0 radical (unpaired) electrons. The Bertz CT molecular complexity index is 1060. The first-order valence-electron chi connectivity index (χ1n) is 8.96. The van der Waals surface area contributed by atoms with Gasteiger partial charge in [-0.15, -0.1) is 4.58 Å². The van der Waals surface area contributed by atoms with Gasteiger partial charge in [-0.25, -0.2) is 13.6 Å². The number of rotatable bonds is 6. The van der Waals surface area contributed by atoms with Gasteiger partial charge in [0.25, 0.3) is 0 Å². The molecule has 0 aliphatic carbocycles. The van der Waals surface area contributed by atoms with E-state index in [0.29, 0.717) is 28.5 Å². The second-order valence-electron chi connectivity index (χ2n) is 6.25. The maximum absolute atomic E-state index is 13.4. The number of amides is 1. The van der Waals surface area contributed by atoms with Crippen molar-refractivity contribution in [1.82, 2.24) is 0 Å². The molecule has 0 aliphatic rings. The molecule has 0 bridgehead atoms. The zero-order chi connectivity index (χ0) is 21.7.